The second-order valence-electron chi connectivity index (χ2n) is 7.58. The van der Waals surface area contributed by atoms with E-state index >= 15 is 0 Å². The van der Waals surface area contributed by atoms with Crippen LogP contribution in [-0.2, 0) is 0 Å². The van der Waals surface area contributed by atoms with Crippen LogP contribution in [0.25, 0.3) is 33.3 Å². The summed E-state index contributed by atoms with van der Waals surface area (Å²) in [7, 11) is 2.08. The lowest BCUT2D eigenvalue weighted by atomic mass is 10.0. The van der Waals surface area contributed by atoms with Gasteiger partial charge in [0.2, 0.25) is 0 Å². The average Bonchev–Trinajstić information content (AvgIpc) is 3.17. The van der Waals surface area contributed by atoms with Gasteiger partial charge in [0.15, 0.2) is 0 Å². The van der Waals surface area contributed by atoms with Crippen molar-refractivity contribution in [2.75, 3.05) is 33.2 Å². The third kappa shape index (κ3) is 3.63. The Morgan fingerprint density at radius 2 is 1.97 bits per heavy atom. The fourth-order valence-corrected chi connectivity index (χ4v) is 3.91. The minimum atomic E-state index is -0.163. The summed E-state index contributed by atoms with van der Waals surface area (Å²) in [6.07, 6.45) is 1.71. The lowest BCUT2D eigenvalue weighted by Crippen LogP contribution is -2.52. The van der Waals surface area contributed by atoms with Crippen molar-refractivity contribution >= 4 is 39.4 Å². The first-order chi connectivity index (χ1) is 14.6. The van der Waals surface area contributed by atoms with Crippen molar-refractivity contribution in [2.45, 2.75) is 0 Å². The highest BCUT2D eigenvalue weighted by Crippen LogP contribution is 2.28. The third-order valence-electron chi connectivity index (χ3n) is 5.43. The number of benzene rings is 2. The maximum atomic E-state index is 13.2. The van der Waals surface area contributed by atoms with E-state index in [0.29, 0.717) is 21.9 Å². The highest BCUT2D eigenvalue weighted by Gasteiger charge is 2.20. The molecule has 2 aromatic carbocycles. The van der Waals surface area contributed by atoms with E-state index in [-0.39, 0.29) is 5.91 Å². The average molecular weight is 421 g/mol. The molecule has 1 aliphatic heterocycles. The molecule has 7 nitrogen and oxygen atoms in total. The van der Waals surface area contributed by atoms with Crippen molar-refractivity contribution in [2.24, 2.45) is 0 Å². The molecule has 0 unspecified atom stereocenters. The first kappa shape index (κ1) is 19.0. The van der Waals surface area contributed by atoms with E-state index < -0.39 is 0 Å². The number of hydrazine groups is 1. The Labute approximate surface area is 178 Å². The van der Waals surface area contributed by atoms with Crippen LogP contribution in [0, 0.1) is 0 Å². The molecule has 0 bridgehead atoms. The predicted octanol–water partition coefficient (Wildman–Crippen LogP) is 3.32. The number of amides is 1. The van der Waals surface area contributed by atoms with Gasteiger partial charge in [0.05, 0.1) is 22.1 Å². The Balaban J connectivity index is 1.54. The molecule has 0 spiro atoms. The Bertz CT molecular complexity index is 1250. The van der Waals surface area contributed by atoms with Gasteiger partial charge in [0.1, 0.15) is 5.82 Å². The van der Waals surface area contributed by atoms with Crippen molar-refractivity contribution in [1.29, 1.82) is 0 Å². The van der Waals surface area contributed by atoms with Crippen molar-refractivity contribution < 1.29 is 4.79 Å². The Morgan fingerprint density at radius 1 is 1.13 bits per heavy atom. The monoisotopic (exact) mass is 420 g/mol. The highest BCUT2D eigenvalue weighted by molar-refractivity contribution is 6.31. The molecule has 3 heterocycles. The quantitative estimate of drug-likeness (QED) is 0.531. The van der Waals surface area contributed by atoms with Gasteiger partial charge in [-0.2, -0.15) is 0 Å². The number of carbonyl (C=O) groups is 1. The summed E-state index contributed by atoms with van der Waals surface area (Å²) >= 11 is 6.10. The zero-order valence-electron chi connectivity index (χ0n) is 16.5. The molecule has 8 heteroatoms. The van der Waals surface area contributed by atoms with Gasteiger partial charge in [-0.3, -0.25) is 15.2 Å². The molecule has 0 atom stereocenters. The normalized spacial score (nSPS) is 15.7. The zero-order valence-corrected chi connectivity index (χ0v) is 17.3. The number of nitrogens with one attached hydrogen (secondary N) is 2. The van der Waals surface area contributed by atoms with Gasteiger partial charge in [0, 0.05) is 48.3 Å². The number of aromatic nitrogens is 3. The summed E-state index contributed by atoms with van der Waals surface area (Å²) in [5, 5.41) is 3.50. The Morgan fingerprint density at radius 3 is 2.80 bits per heavy atom. The van der Waals surface area contributed by atoms with Crippen LogP contribution in [-0.4, -0.2) is 64.0 Å². The number of H-pyrrole nitrogens is 1. The molecule has 4 aromatic rings. The lowest BCUT2D eigenvalue weighted by Gasteiger charge is -2.32. The van der Waals surface area contributed by atoms with Crippen LogP contribution >= 0.6 is 11.6 Å². The molecule has 2 aromatic heterocycles. The number of carbonyl (C=O) groups excluding carboxylic acids is 1. The van der Waals surface area contributed by atoms with E-state index in [9.17, 15) is 4.79 Å². The SMILES string of the molecule is CN1CCN(NC(=O)c2cc(-c3nc4ccc(Cl)cc4[nH]3)cc3cccnc23)CC1. The summed E-state index contributed by atoms with van der Waals surface area (Å²) in [6.45, 7) is 3.41. The zero-order chi connectivity index (χ0) is 20.7. The van der Waals surface area contributed by atoms with Crippen LogP contribution in [0.2, 0.25) is 5.02 Å². The van der Waals surface area contributed by atoms with E-state index in [1.165, 1.54) is 0 Å². The van der Waals surface area contributed by atoms with Gasteiger partial charge in [-0.15, -0.1) is 0 Å². The first-order valence-electron chi connectivity index (χ1n) is 9.86. The van der Waals surface area contributed by atoms with E-state index in [1.807, 2.05) is 47.5 Å². The minimum Gasteiger partial charge on any atom is -0.338 e. The number of nitrogens with zero attached hydrogens (tertiary/aromatic N) is 4. The third-order valence-corrected chi connectivity index (χ3v) is 5.66. The van der Waals surface area contributed by atoms with Crippen LogP contribution in [0.3, 0.4) is 0 Å². The van der Waals surface area contributed by atoms with E-state index in [1.54, 1.807) is 6.20 Å². The molecule has 0 saturated carbocycles. The number of piperazine rings is 1. The number of hydrogen-bond donors (Lipinski definition) is 2. The molecular formula is C22H21ClN6O. The number of hydrogen-bond acceptors (Lipinski definition) is 5. The maximum Gasteiger partial charge on any atom is 0.267 e. The van der Waals surface area contributed by atoms with Crippen molar-refractivity contribution in [3.63, 3.8) is 0 Å². The molecule has 30 heavy (non-hydrogen) atoms. The maximum absolute atomic E-state index is 13.2. The molecule has 5 rings (SSSR count). The molecule has 1 saturated heterocycles. The summed E-state index contributed by atoms with van der Waals surface area (Å²) in [4.78, 5) is 27.8. The Kier molecular flexibility index (Phi) is 4.86. The van der Waals surface area contributed by atoms with Gasteiger partial charge in [-0.05, 0) is 43.4 Å². The molecule has 1 fully saturated rings. The Hall–Kier alpha value is -3.00. The smallest absolute Gasteiger partial charge is 0.267 e. The van der Waals surface area contributed by atoms with Gasteiger partial charge in [-0.25, -0.2) is 9.99 Å². The van der Waals surface area contributed by atoms with Crippen LogP contribution in [0.1, 0.15) is 10.4 Å². The molecule has 1 amide bonds. The topological polar surface area (TPSA) is 77.1 Å². The van der Waals surface area contributed by atoms with E-state index in [4.69, 9.17) is 11.6 Å². The fourth-order valence-electron chi connectivity index (χ4n) is 3.74. The number of likely N-dealkylation sites (N-methyl/N-ethyl adjacent to an activating group) is 1. The molecule has 0 aliphatic carbocycles. The number of halogens is 1. The summed E-state index contributed by atoms with van der Waals surface area (Å²) in [5.74, 6) is 0.524. The van der Waals surface area contributed by atoms with Gasteiger partial charge in [-0.1, -0.05) is 17.7 Å². The first-order valence-corrected chi connectivity index (χ1v) is 10.2. The molecule has 2 N–H and O–H groups in total. The molecule has 0 radical (unpaired) electrons. The van der Waals surface area contributed by atoms with Gasteiger partial charge >= 0.3 is 0 Å². The predicted molar refractivity (Wildman–Crippen MR) is 118 cm³/mol. The summed E-state index contributed by atoms with van der Waals surface area (Å²) < 4.78 is 0. The van der Waals surface area contributed by atoms with E-state index in [0.717, 1.165) is 48.2 Å². The van der Waals surface area contributed by atoms with Gasteiger partial charge in [0.25, 0.3) is 5.91 Å². The highest BCUT2D eigenvalue weighted by atomic mass is 35.5. The van der Waals surface area contributed by atoms with Gasteiger partial charge < -0.3 is 9.88 Å². The minimum absolute atomic E-state index is 0.163. The lowest BCUT2D eigenvalue weighted by molar-refractivity contribution is 0.0664. The second kappa shape index (κ2) is 7.68. The molecular weight excluding hydrogens is 400 g/mol. The van der Waals surface area contributed by atoms with Crippen LogP contribution in [0.4, 0.5) is 0 Å². The summed E-state index contributed by atoms with van der Waals surface area (Å²) in [6, 6.07) is 13.2. The van der Waals surface area contributed by atoms with Crippen LogP contribution in [0.5, 0.6) is 0 Å². The number of fused-ring (bicyclic) bond motifs is 2. The van der Waals surface area contributed by atoms with E-state index in [2.05, 4.69) is 32.3 Å². The summed E-state index contributed by atoms with van der Waals surface area (Å²) in [5.41, 5.74) is 6.74. The molecule has 152 valence electrons. The van der Waals surface area contributed by atoms with Crippen molar-refractivity contribution in [3.8, 4) is 11.4 Å². The number of aromatic amines is 1. The fraction of sp³-hybridized carbons (Fsp3) is 0.227. The number of imidazole rings is 1. The largest absolute Gasteiger partial charge is 0.338 e. The number of pyridine rings is 1. The van der Waals surface area contributed by atoms with Crippen LogP contribution < -0.4 is 5.43 Å². The molecule has 1 aliphatic rings. The standard InChI is InChI=1S/C22H21ClN6O/c1-28-7-9-29(10-8-28)27-22(30)17-12-15(11-14-3-2-6-24-20(14)17)21-25-18-5-4-16(23)13-19(18)26-21/h2-6,11-13H,7-10H2,1H3,(H,25,26)(H,27,30). The number of rotatable bonds is 3. The second-order valence-corrected chi connectivity index (χ2v) is 8.01. The van der Waals surface area contributed by atoms with Crippen molar-refractivity contribution in [3.05, 3.63) is 59.2 Å². The van der Waals surface area contributed by atoms with Crippen LogP contribution in [0.15, 0.2) is 48.7 Å². The van der Waals surface area contributed by atoms with Crippen molar-refractivity contribution in [1.82, 2.24) is 30.3 Å².